The second-order valence-corrected chi connectivity index (χ2v) is 14.2. The van der Waals surface area contributed by atoms with Gasteiger partial charge in [-0.1, -0.05) is 109 Å². The van der Waals surface area contributed by atoms with Crippen LogP contribution in [-0.2, 0) is 6.54 Å². The highest BCUT2D eigenvalue weighted by Gasteiger charge is 2.22. The molecule has 0 amide bonds. The van der Waals surface area contributed by atoms with Crippen LogP contribution in [0.5, 0.6) is 0 Å². The summed E-state index contributed by atoms with van der Waals surface area (Å²) in [6.45, 7) is 0.659. The molecule has 0 saturated carbocycles. The molecule has 0 radical (unpaired) electrons. The largest absolute Gasteiger partial charge is 0.456 e. The Morgan fingerprint density at radius 1 is 0.529 bits per heavy atom. The molecule has 246 valence electrons. The van der Waals surface area contributed by atoms with Gasteiger partial charge in [-0.2, -0.15) is 0 Å². The first-order valence-electron chi connectivity index (χ1n) is 17.2. The average Bonchev–Trinajstić information content (AvgIpc) is 3.87. The molecule has 51 heavy (non-hydrogen) atoms. The lowest BCUT2D eigenvalue weighted by Crippen LogP contribution is -2.39. The molecule has 6 heteroatoms. The molecule has 10 rings (SSSR count). The predicted octanol–water partition coefficient (Wildman–Crippen LogP) is 11.6. The fourth-order valence-corrected chi connectivity index (χ4v) is 8.57. The van der Waals surface area contributed by atoms with Gasteiger partial charge in [-0.15, -0.1) is 11.3 Å². The number of rotatable bonds is 8. The Morgan fingerprint density at radius 3 is 2.04 bits per heavy atom. The van der Waals surface area contributed by atoms with E-state index in [1.807, 2.05) is 18.2 Å². The van der Waals surface area contributed by atoms with Crippen molar-refractivity contribution in [2.75, 3.05) is 0 Å². The molecule has 0 saturated heterocycles. The van der Waals surface area contributed by atoms with Crippen LogP contribution in [0.1, 0.15) is 29.0 Å². The van der Waals surface area contributed by atoms with Gasteiger partial charge in [0.1, 0.15) is 22.3 Å². The van der Waals surface area contributed by atoms with Gasteiger partial charge in [0.05, 0.1) is 12.3 Å². The van der Waals surface area contributed by atoms with Crippen molar-refractivity contribution < 1.29 is 8.83 Å². The summed E-state index contributed by atoms with van der Waals surface area (Å²) in [6, 6.07) is 53.0. The van der Waals surface area contributed by atoms with E-state index in [0.717, 1.165) is 66.1 Å². The highest BCUT2D eigenvalue weighted by atomic mass is 32.1. The highest BCUT2D eigenvalue weighted by Crippen LogP contribution is 2.39. The maximum atomic E-state index is 6.97. The SMILES string of the molecule is NC(NC(NCc1ccccc1)c1cccc2c1oc1ccc(-c3ccc4oc5ccccc5c4c3)cc12)c1ccc2c(c1)sc1ccccc12. The molecule has 0 aliphatic heterocycles. The molecule has 5 nitrogen and oxygen atoms in total. The Kier molecular flexibility index (Phi) is 7.22. The molecule has 3 heterocycles. The van der Waals surface area contributed by atoms with Gasteiger partial charge in [-0.05, 0) is 64.7 Å². The van der Waals surface area contributed by atoms with Crippen LogP contribution in [0.4, 0.5) is 0 Å². The number of nitrogens with one attached hydrogen (secondary N) is 2. The van der Waals surface area contributed by atoms with Gasteiger partial charge in [0.15, 0.2) is 0 Å². The number of furan rings is 2. The second-order valence-electron chi connectivity index (χ2n) is 13.1. The highest BCUT2D eigenvalue weighted by molar-refractivity contribution is 7.25. The van der Waals surface area contributed by atoms with Crippen molar-refractivity contribution >= 4 is 75.4 Å². The van der Waals surface area contributed by atoms with Gasteiger partial charge in [-0.25, -0.2) is 0 Å². The van der Waals surface area contributed by atoms with Gasteiger partial charge in [0.2, 0.25) is 0 Å². The van der Waals surface area contributed by atoms with Crippen molar-refractivity contribution in [3.8, 4) is 11.1 Å². The lowest BCUT2D eigenvalue weighted by atomic mass is 10.00. The molecule has 0 aliphatic rings. The molecule has 2 unspecified atom stereocenters. The van der Waals surface area contributed by atoms with Crippen LogP contribution in [0.2, 0.25) is 0 Å². The van der Waals surface area contributed by atoms with E-state index in [-0.39, 0.29) is 6.17 Å². The van der Waals surface area contributed by atoms with E-state index < -0.39 is 6.17 Å². The van der Waals surface area contributed by atoms with Gasteiger partial charge in [0.25, 0.3) is 0 Å². The quantitative estimate of drug-likeness (QED) is 0.139. The fraction of sp³-hybridized carbons (Fsp3) is 0.0667. The fourth-order valence-electron chi connectivity index (χ4n) is 7.42. The third-order valence-electron chi connectivity index (χ3n) is 10.0. The number of hydrogen-bond acceptors (Lipinski definition) is 6. The topological polar surface area (TPSA) is 76.4 Å². The summed E-state index contributed by atoms with van der Waals surface area (Å²) in [7, 11) is 0. The van der Waals surface area contributed by atoms with Crippen molar-refractivity contribution in [3.05, 3.63) is 168 Å². The molecule has 0 spiro atoms. The molecule has 0 fully saturated rings. The first kappa shape index (κ1) is 30.1. The maximum absolute atomic E-state index is 6.97. The van der Waals surface area contributed by atoms with E-state index in [1.165, 1.54) is 25.7 Å². The summed E-state index contributed by atoms with van der Waals surface area (Å²) in [5.74, 6) is 0. The number of thiophene rings is 1. The minimum atomic E-state index is -0.423. The van der Waals surface area contributed by atoms with Crippen LogP contribution >= 0.6 is 11.3 Å². The second kappa shape index (κ2) is 12.2. The van der Waals surface area contributed by atoms with Gasteiger partial charge < -0.3 is 14.6 Å². The molecule has 0 bridgehead atoms. The normalized spacial score (nSPS) is 13.3. The Hall–Kier alpha value is -5.76. The maximum Gasteiger partial charge on any atom is 0.141 e. The van der Waals surface area contributed by atoms with Gasteiger partial charge in [-0.3, -0.25) is 10.6 Å². The predicted molar refractivity (Wildman–Crippen MR) is 212 cm³/mol. The third kappa shape index (κ3) is 5.28. The monoisotopic (exact) mass is 679 g/mol. The number of benzene rings is 7. The lowest BCUT2D eigenvalue weighted by molar-refractivity contribution is 0.385. The Balaban J connectivity index is 1.03. The first-order valence-corrected chi connectivity index (χ1v) is 18.0. The van der Waals surface area contributed by atoms with Gasteiger partial charge in [0, 0.05) is 53.8 Å². The van der Waals surface area contributed by atoms with E-state index in [0.29, 0.717) is 6.54 Å². The van der Waals surface area contributed by atoms with E-state index in [4.69, 9.17) is 14.6 Å². The summed E-state index contributed by atoms with van der Waals surface area (Å²) < 4.78 is 15.3. The minimum absolute atomic E-state index is 0.293. The van der Waals surface area contributed by atoms with Crippen molar-refractivity contribution in [1.29, 1.82) is 0 Å². The zero-order valence-corrected chi connectivity index (χ0v) is 28.4. The summed E-state index contributed by atoms with van der Waals surface area (Å²) in [5.41, 5.74) is 15.9. The van der Waals surface area contributed by atoms with Crippen LogP contribution in [0.3, 0.4) is 0 Å². The van der Waals surface area contributed by atoms with Gasteiger partial charge >= 0.3 is 0 Å². The van der Waals surface area contributed by atoms with Crippen molar-refractivity contribution in [2.45, 2.75) is 18.9 Å². The molecular formula is C45H33N3O2S. The zero-order valence-electron chi connectivity index (χ0n) is 27.6. The van der Waals surface area contributed by atoms with Crippen LogP contribution < -0.4 is 16.4 Å². The minimum Gasteiger partial charge on any atom is -0.456 e. The zero-order chi connectivity index (χ0) is 33.9. The van der Waals surface area contributed by atoms with Crippen molar-refractivity contribution in [1.82, 2.24) is 10.6 Å². The van der Waals surface area contributed by atoms with E-state index in [2.05, 4.69) is 144 Å². The number of para-hydroxylation sites is 2. The molecular weight excluding hydrogens is 647 g/mol. The molecule has 2 atom stereocenters. The standard InChI is InChI=1S/C45H33N3O2S/c46-44(30-17-20-33-32-12-5-7-16-41(32)51-42(33)25-30)48-45(47-26-27-9-2-1-3-10-27)35-14-8-13-34-37-24-29(19-22-40(37)50-43(34)35)28-18-21-39-36(23-28)31-11-4-6-15-38(31)49-39/h1-25,44-45,47-48H,26,46H2. The molecule has 4 N–H and O–H groups in total. The molecule has 7 aromatic carbocycles. The summed E-state index contributed by atoms with van der Waals surface area (Å²) in [6.07, 6.45) is -0.716. The Morgan fingerprint density at radius 2 is 1.20 bits per heavy atom. The van der Waals surface area contributed by atoms with Crippen LogP contribution in [0.25, 0.3) is 75.2 Å². The van der Waals surface area contributed by atoms with Crippen molar-refractivity contribution in [3.63, 3.8) is 0 Å². The lowest BCUT2D eigenvalue weighted by Gasteiger charge is -2.25. The number of nitrogens with two attached hydrogens (primary N) is 1. The summed E-state index contributed by atoms with van der Waals surface area (Å²) in [4.78, 5) is 0. The van der Waals surface area contributed by atoms with Crippen LogP contribution in [-0.4, -0.2) is 0 Å². The summed E-state index contributed by atoms with van der Waals surface area (Å²) >= 11 is 1.80. The smallest absolute Gasteiger partial charge is 0.141 e. The molecule has 10 aromatic rings. The van der Waals surface area contributed by atoms with Crippen LogP contribution in [0, 0.1) is 0 Å². The average molecular weight is 680 g/mol. The Bertz CT molecular complexity index is 2890. The molecule has 3 aromatic heterocycles. The third-order valence-corrected chi connectivity index (χ3v) is 11.1. The van der Waals surface area contributed by atoms with Crippen LogP contribution in [0.15, 0.2) is 160 Å². The molecule has 0 aliphatic carbocycles. The van der Waals surface area contributed by atoms with E-state index in [9.17, 15) is 0 Å². The Labute approximate surface area is 297 Å². The van der Waals surface area contributed by atoms with E-state index in [1.54, 1.807) is 11.3 Å². The first-order chi connectivity index (χ1) is 25.2. The van der Waals surface area contributed by atoms with E-state index >= 15 is 0 Å². The summed E-state index contributed by atoms with van der Waals surface area (Å²) in [5, 5.41) is 14.4. The number of fused-ring (bicyclic) bond motifs is 9. The van der Waals surface area contributed by atoms with Crippen molar-refractivity contribution in [2.24, 2.45) is 5.73 Å². The number of hydrogen-bond donors (Lipinski definition) is 3.